The first kappa shape index (κ1) is 15.0. The number of ether oxygens (including phenoxy) is 1. The highest BCUT2D eigenvalue weighted by atomic mass is 16.5. The lowest BCUT2D eigenvalue weighted by Crippen LogP contribution is -3.17. The van der Waals surface area contributed by atoms with E-state index >= 15 is 0 Å². The topological polar surface area (TPSA) is 30.3 Å². The maximum atomic E-state index is 5.11. The minimum atomic E-state index is 0.848. The van der Waals surface area contributed by atoms with E-state index in [-0.39, 0.29) is 0 Å². The highest BCUT2D eigenvalue weighted by molar-refractivity contribution is 5.32. The van der Waals surface area contributed by atoms with Crippen LogP contribution in [0.5, 0.6) is 0 Å². The standard InChI is InChI=1S/C18H28N2O/c1-21-11-8-19-14-15-6-9-20(10-7-15)18-12-16-4-2-3-5-17(16)13-18/h2-5,15,18-19H,6-14H2,1H3/p+2. The van der Waals surface area contributed by atoms with E-state index in [4.69, 9.17) is 4.74 Å². The first-order valence-corrected chi connectivity index (χ1v) is 8.58. The normalized spacial score (nSPS) is 26.0. The zero-order valence-corrected chi connectivity index (χ0v) is 13.3. The number of quaternary nitrogens is 2. The molecule has 1 heterocycles. The van der Waals surface area contributed by atoms with Gasteiger partial charge in [-0.3, -0.25) is 0 Å². The summed E-state index contributed by atoms with van der Waals surface area (Å²) in [6.45, 7) is 6.04. The fourth-order valence-corrected chi connectivity index (χ4v) is 4.09. The zero-order chi connectivity index (χ0) is 14.5. The molecule has 1 aliphatic heterocycles. The molecule has 0 spiro atoms. The van der Waals surface area contributed by atoms with Crippen molar-refractivity contribution in [1.29, 1.82) is 0 Å². The molecule has 1 aliphatic carbocycles. The second kappa shape index (κ2) is 7.39. The number of likely N-dealkylation sites (tertiary alicyclic amines) is 1. The number of methoxy groups -OCH3 is 1. The van der Waals surface area contributed by atoms with Gasteiger partial charge in [-0.2, -0.15) is 0 Å². The van der Waals surface area contributed by atoms with Crippen LogP contribution in [0.3, 0.4) is 0 Å². The molecular weight excluding hydrogens is 260 g/mol. The molecule has 3 nitrogen and oxygen atoms in total. The molecule has 1 aromatic rings. The monoisotopic (exact) mass is 290 g/mol. The summed E-state index contributed by atoms with van der Waals surface area (Å²) in [5, 5.41) is 2.44. The van der Waals surface area contributed by atoms with E-state index in [0.717, 1.165) is 25.1 Å². The van der Waals surface area contributed by atoms with Gasteiger partial charge in [0.25, 0.3) is 0 Å². The van der Waals surface area contributed by atoms with Crippen LogP contribution in [0.25, 0.3) is 0 Å². The zero-order valence-electron chi connectivity index (χ0n) is 13.3. The van der Waals surface area contributed by atoms with Crippen molar-refractivity contribution in [3.05, 3.63) is 35.4 Å². The van der Waals surface area contributed by atoms with E-state index in [1.165, 1.54) is 45.3 Å². The molecule has 0 atom stereocenters. The Bertz CT molecular complexity index is 416. The van der Waals surface area contributed by atoms with Gasteiger partial charge in [0.05, 0.1) is 38.8 Å². The van der Waals surface area contributed by atoms with Crippen molar-refractivity contribution in [2.75, 3.05) is 39.9 Å². The summed E-state index contributed by atoms with van der Waals surface area (Å²) in [5.74, 6) is 0.925. The number of nitrogens with two attached hydrogens (primary N) is 1. The molecule has 0 radical (unpaired) electrons. The van der Waals surface area contributed by atoms with E-state index in [0.29, 0.717) is 0 Å². The lowest BCUT2D eigenvalue weighted by atomic mass is 9.95. The Kier molecular flexibility index (Phi) is 5.28. The fourth-order valence-electron chi connectivity index (χ4n) is 4.09. The van der Waals surface area contributed by atoms with Gasteiger partial charge in [0.15, 0.2) is 0 Å². The van der Waals surface area contributed by atoms with Crippen LogP contribution in [-0.2, 0) is 17.6 Å². The number of rotatable bonds is 6. The molecule has 0 saturated carbocycles. The predicted molar refractivity (Wildman–Crippen MR) is 84.6 cm³/mol. The van der Waals surface area contributed by atoms with Crippen LogP contribution in [0.1, 0.15) is 24.0 Å². The van der Waals surface area contributed by atoms with Gasteiger partial charge >= 0.3 is 0 Å². The summed E-state index contributed by atoms with van der Waals surface area (Å²) >= 11 is 0. The SMILES string of the molecule is COCC[NH2+]CC1CC[NH+](C2Cc3ccccc3C2)CC1. The molecule has 1 fully saturated rings. The number of hydrogen-bond donors (Lipinski definition) is 2. The quantitative estimate of drug-likeness (QED) is 0.690. The molecule has 0 aromatic heterocycles. The summed E-state index contributed by atoms with van der Waals surface area (Å²) in [6, 6.07) is 9.89. The van der Waals surface area contributed by atoms with Gasteiger partial charge < -0.3 is 15.0 Å². The van der Waals surface area contributed by atoms with E-state index < -0.39 is 0 Å². The molecule has 3 N–H and O–H groups in total. The number of piperidine rings is 1. The summed E-state index contributed by atoms with van der Waals surface area (Å²) in [4.78, 5) is 1.86. The van der Waals surface area contributed by atoms with Crippen LogP contribution < -0.4 is 10.2 Å². The summed E-state index contributed by atoms with van der Waals surface area (Å²) in [7, 11) is 1.79. The number of nitrogens with one attached hydrogen (secondary N) is 1. The van der Waals surface area contributed by atoms with Crippen molar-refractivity contribution in [1.82, 2.24) is 0 Å². The van der Waals surface area contributed by atoms with Crippen molar-refractivity contribution >= 4 is 0 Å². The number of hydrogen-bond acceptors (Lipinski definition) is 1. The largest absolute Gasteiger partial charge is 0.379 e. The maximum Gasteiger partial charge on any atom is 0.0993 e. The maximum absolute atomic E-state index is 5.11. The lowest BCUT2D eigenvalue weighted by molar-refractivity contribution is -0.931. The summed E-state index contributed by atoms with van der Waals surface area (Å²) in [6.07, 6.45) is 5.42. The van der Waals surface area contributed by atoms with Crippen LogP contribution >= 0.6 is 0 Å². The van der Waals surface area contributed by atoms with Gasteiger partial charge in [0.1, 0.15) is 0 Å². The van der Waals surface area contributed by atoms with E-state index in [9.17, 15) is 0 Å². The molecule has 1 aromatic carbocycles. The van der Waals surface area contributed by atoms with Crippen LogP contribution in [0.4, 0.5) is 0 Å². The van der Waals surface area contributed by atoms with Crippen molar-refractivity contribution in [3.63, 3.8) is 0 Å². The summed E-state index contributed by atoms with van der Waals surface area (Å²) < 4.78 is 5.11. The highest BCUT2D eigenvalue weighted by Gasteiger charge is 2.33. The molecule has 2 aliphatic rings. The second-order valence-electron chi connectivity index (χ2n) is 6.78. The van der Waals surface area contributed by atoms with Gasteiger partial charge in [0.2, 0.25) is 0 Å². The van der Waals surface area contributed by atoms with Crippen LogP contribution in [0.15, 0.2) is 24.3 Å². The van der Waals surface area contributed by atoms with Crippen molar-refractivity contribution in [2.45, 2.75) is 31.7 Å². The Balaban J connectivity index is 1.41. The average Bonchev–Trinajstić information content (AvgIpc) is 2.96. The van der Waals surface area contributed by atoms with Crippen LogP contribution in [0.2, 0.25) is 0 Å². The van der Waals surface area contributed by atoms with Gasteiger partial charge in [-0.15, -0.1) is 0 Å². The van der Waals surface area contributed by atoms with Gasteiger partial charge in [-0.25, -0.2) is 0 Å². The smallest absolute Gasteiger partial charge is 0.0993 e. The molecule has 3 rings (SSSR count). The third kappa shape index (κ3) is 3.85. The molecule has 21 heavy (non-hydrogen) atoms. The van der Waals surface area contributed by atoms with Crippen LogP contribution in [-0.4, -0.2) is 45.9 Å². The fraction of sp³-hybridized carbons (Fsp3) is 0.667. The molecular formula is C18H30N2O+2. The molecule has 1 saturated heterocycles. The van der Waals surface area contributed by atoms with Crippen LogP contribution in [0, 0.1) is 5.92 Å². The number of benzene rings is 1. The van der Waals surface area contributed by atoms with Crippen molar-refractivity contribution in [3.8, 4) is 0 Å². The van der Waals surface area contributed by atoms with E-state index in [1.54, 1.807) is 18.2 Å². The minimum Gasteiger partial charge on any atom is -0.379 e. The summed E-state index contributed by atoms with van der Waals surface area (Å²) in [5.41, 5.74) is 3.20. The first-order valence-electron chi connectivity index (χ1n) is 8.58. The minimum absolute atomic E-state index is 0.848. The Morgan fingerprint density at radius 2 is 1.81 bits per heavy atom. The molecule has 116 valence electrons. The third-order valence-electron chi connectivity index (χ3n) is 5.40. The molecule has 0 unspecified atom stereocenters. The Morgan fingerprint density at radius 3 is 2.43 bits per heavy atom. The molecule has 3 heteroatoms. The van der Waals surface area contributed by atoms with Gasteiger partial charge in [0, 0.05) is 38.7 Å². The highest BCUT2D eigenvalue weighted by Crippen LogP contribution is 2.21. The lowest BCUT2D eigenvalue weighted by Gasteiger charge is -2.32. The van der Waals surface area contributed by atoms with E-state index in [1.807, 2.05) is 4.90 Å². The Hall–Kier alpha value is -0.900. The Morgan fingerprint density at radius 1 is 1.14 bits per heavy atom. The third-order valence-corrected chi connectivity index (χ3v) is 5.40. The predicted octanol–water partition coefficient (Wildman–Crippen LogP) is -0.341. The molecule has 0 bridgehead atoms. The number of fused-ring (bicyclic) bond motifs is 1. The molecule has 0 amide bonds. The first-order chi connectivity index (χ1) is 10.4. The van der Waals surface area contributed by atoms with Gasteiger partial charge in [-0.05, 0) is 11.1 Å². The van der Waals surface area contributed by atoms with Crippen molar-refractivity contribution in [2.24, 2.45) is 5.92 Å². The Labute approximate surface area is 128 Å². The second-order valence-corrected chi connectivity index (χ2v) is 6.78. The van der Waals surface area contributed by atoms with Crippen molar-refractivity contribution < 1.29 is 15.0 Å². The van der Waals surface area contributed by atoms with Gasteiger partial charge in [-0.1, -0.05) is 24.3 Å². The van der Waals surface area contributed by atoms with E-state index in [2.05, 4.69) is 29.6 Å². The average molecular weight is 290 g/mol.